The number of rotatable bonds is 2. The Kier molecular flexibility index (Phi) is 2.94. The van der Waals surface area contributed by atoms with E-state index < -0.39 is 10.2 Å². The van der Waals surface area contributed by atoms with E-state index in [4.69, 9.17) is 4.74 Å². The molecule has 0 radical (unpaired) electrons. The molecule has 0 spiro atoms. The maximum Gasteiger partial charge on any atom is 0.323 e. The number of hydrogen-bond donors (Lipinski definition) is 1. The second-order valence-corrected chi connectivity index (χ2v) is 5.94. The molecule has 2 aliphatic rings. The van der Waals surface area contributed by atoms with Crippen molar-refractivity contribution >= 4 is 16.0 Å². The van der Waals surface area contributed by atoms with E-state index in [0.29, 0.717) is 12.3 Å². The lowest BCUT2D eigenvalue weighted by atomic mass is 10.1. The minimum Gasteiger partial charge on any atom is -0.497 e. The molecular formula is C12H15N3O3S. The molecule has 1 N–H and O–H groups in total. The van der Waals surface area contributed by atoms with Crippen LogP contribution in [0.4, 0.5) is 0 Å². The summed E-state index contributed by atoms with van der Waals surface area (Å²) in [6, 6.07) is 7.39. The first kappa shape index (κ1) is 12.4. The molecule has 1 atom stereocenters. The predicted molar refractivity (Wildman–Crippen MR) is 71.2 cm³/mol. The van der Waals surface area contributed by atoms with Crippen LogP contribution < -0.4 is 9.46 Å². The summed E-state index contributed by atoms with van der Waals surface area (Å²) in [6.07, 6.45) is 1.28. The first-order valence-electron chi connectivity index (χ1n) is 6.11. The Morgan fingerprint density at radius 1 is 1.37 bits per heavy atom. The highest BCUT2D eigenvalue weighted by Gasteiger charge is 2.35. The number of amidine groups is 1. The molecule has 2 heterocycles. The van der Waals surface area contributed by atoms with E-state index in [2.05, 4.69) is 9.12 Å². The molecule has 19 heavy (non-hydrogen) atoms. The van der Waals surface area contributed by atoms with Gasteiger partial charge in [0.2, 0.25) is 0 Å². The van der Waals surface area contributed by atoms with Crippen LogP contribution in [0.5, 0.6) is 5.75 Å². The SMILES string of the molecule is COc1ccc(C2NS(=O)(=O)N=C3CCCN32)cc1. The van der Waals surface area contributed by atoms with Crippen molar-refractivity contribution in [2.75, 3.05) is 13.7 Å². The Bertz CT molecular complexity index is 610. The van der Waals surface area contributed by atoms with E-state index in [1.54, 1.807) is 7.11 Å². The summed E-state index contributed by atoms with van der Waals surface area (Å²) in [4.78, 5) is 2.00. The summed E-state index contributed by atoms with van der Waals surface area (Å²) in [7, 11) is -1.98. The summed E-state index contributed by atoms with van der Waals surface area (Å²) >= 11 is 0. The third-order valence-electron chi connectivity index (χ3n) is 3.36. The molecule has 7 heteroatoms. The van der Waals surface area contributed by atoms with Gasteiger partial charge in [-0.25, -0.2) is 0 Å². The van der Waals surface area contributed by atoms with Gasteiger partial charge in [-0.2, -0.15) is 13.1 Å². The third-order valence-corrected chi connectivity index (χ3v) is 4.33. The Morgan fingerprint density at radius 2 is 2.11 bits per heavy atom. The molecule has 1 saturated heterocycles. The summed E-state index contributed by atoms with van der Waals surface area (Å²) in [5.74, 6) is 1.40. The van der Waals surface area contributed by atoms with Crippen molar-refractivity contribution in [2.45, 2.75) is 19.0 Å². The Balaban J connectivity index is 1.97. The molecule has 1 aromatic rings. The van der Waals surface area contributed by atoms with Crippen LogP contribution in [0.25, 0.3) is 0 Å². The van der Waals surface area contributed by atoms with Crippen molar-refractivity contribution in [2.24, 2.45) is 4.40 Å². The van der Waals surface area contributed by atoms with Gasteiger partial charge in [0.15, 0.2) is 0 Å². The summed E-state index contributed by atoms with van der Waals surface area (Å²) < 4.78 is 35.0. The van der Waals surface area contributed by atoms with Crippen LogP contribution in [0.2, 0.25) is 0 Å². The average Bonchev–Trinajstić information content (AvgIpc) is 2.84. The van der Waals surface area contributed by atoms with E-state index in [1.165, 1.54) is 0 Å². The Hall–Kier alpha value is -1.60. The molecule has 102 valence electrons. The zero-order chi connectivity index (χ0) is 13.5. The van der Waals surface area contributed by atoms with Crippen LogP contribution in [-0.4, -0.2) is 32.8 Å². The molecule has 0 aliphatic carbocycles. The van der Waals surface area contributed by atoms with Gasteiger partial charge >= 0.3 is 10.2 Å². The first-order chi connectivity index (χ1) is 9.09. The fourth-order valence-corrected chi connectivity index (χ4v) is 3.53. The van der Waals surface area contributed by atoms with Crippen molar-refractivity contribution in [3.63, 3.8) is 0 Å². The van der Waals surface area contributed by atoms with Crippen LogP contribution >= 0.6 is 0 Å². The van der Waals surface area contributed by atoms with Gasteiger partial charge in [0.1, 0.15) is 17.8 Å². The number of fused-ring (bicyclic) bond motifs is 1. The smallest absolute Gasteiger partial charge is 0.323 e. The van der Waals surface area contributed by atoms with Crippen molar-refractivity contribution in [3.8, 4) is 5.75 Å². The lowest BCUT2D eigenvalue weighted by Gasteiger charge is -2.33. The maximum atomic E-state index is 11.8. The van der Waals surface area contributed by atoms with Gasteiger partial charge in [-0.1, -0.05) is 12.1 Å². The van der Waals surface area contributed by atoms with Gasteiger partial charge in [0.25, 0.3) is 0 Å². The first-order valence-corrected chi connectivity index (χ1v) is 7.55. The van der Waals surface area contributed by atoms with Crippen molar-refractivity contribution < 1.29 is 13.2 Å². The normalized spacial score (nSPS) is 24.8. The molecular weight excluding hydrogens is 266 g/mol. The van der Waals surface area contributed by atoms with E-state index in [9.17, 15) is 8.42 Å². The number of methoxy groups -OCH3 is 1. The fraction of sp³-hybridized carbons (Fsp3) is 0.417. The maximum absolute atomic E-state index is 11.8. The second-order valence-electron chi connectivity index (χ2n) is 4.57. The highest BCUT2D eigenvalue weighted by atomic mass is 32.2. The van der Waals surface area contributed by atoms with Crippen LogP contribution in [0.1, 0.15) is 24.6 Å². The average molecular weight is 281 g/mol. The quantitative estimate of drug-likeness (QED) is 0.879. The minimum absolute atomic E-state index is 0.370. The van der Waals surface area contributed by atoms with Crippen LogP contribution in [0.15, 0.2) is 28.7 Å². The lowest BCUT2D eigenvalue weighted by Crippen LogP contribution is -2.45. The van der Waals surface area contributed by atoms with Gasteiger partial charge in [-0.05, 0) is 24.1 Å². The van der Waals surface area contributed by atoms with Crippen molar-refractivity contribution in [3.05, 3.63) is 29.8 Å². The van der Waals surface area contributed by atoms with Gasteiger partial charge in [0.05, 0.1) is 7.11 Å². The molecule has 1 aromatic carbocycles. The number of nitrogens with zero attached hydrogens (tertiary/aromatic N) is 2. The van der Waals surface area contributed by atoms with E-state index in [1.807, 2.05) is 29.2 Å². The van der Waals surface area contributed by atoms with Crippen molar-refractivity contribution in [1.29, 1.82) is 0 Å². The zero-order valence-electron chi connectivity index (χ0n) is 10.5. The lowest BCUT2D eigenvalue weighted by molar-refractivity contribution is 0.315. The molecule has 3 rings (SSSR count). The number of ether oxygens (including phenoxy) is 1. The van der Waals surface area contributed by atoms with Crippen LogP contribution in [0.3, 0.4) is 0 Å². The van der Waals surface area contributed by atoms with Crippen molar-refractivity contribution in [1.82, 2.24) is 9.62 Å². The van der Waals surface area contributed by atoms with Crippen LogP contribution in [0, 0.1) is 0 Å². The zero-order valence-corrected chi connectivity index (χ0v) is 11.4. The number of benzene rings is 1. The molecule has 0 bridgehead atoms. The number of hydrogen-bond acceptors (Lipinski definition) is 4. The molecule has 6 nitrogen and oxygen atoms in total. The standard InChI is InChI=1S/C12H15N3O3S/c1-18-10-6-4-9(5-7-10)12-14-19(16,17)13-11-3-2-8-15(11)12/h4-7,12,14H,2-3,8H2,1H3. The largest absolute Gasteiger partial charge is 0.497 e. The summed E-state index contributed by atoms with van der Waals surface area (Å²) in [5, 5.41) is 0. The number of nitrogens with one attached hydrogen (secondary N) is 1. The molecule has 0 amide bonds. The Labute approximate surface area is 112 Å². The molecule has 1 fully saturated rings. The predicted octanol–water partition coefficient (Wildman–Crippen LogP) is 1.04. The third kappa shape index (κ3) is 2.31. The van der Waals surface area contributed by atoms with Gasteiger partial charge in [-0.15, -0.1) is 4.40 Å². The van der Waals surface area contributed by atoms with Gasteiger partial charge < -0.3 is 9.64 Å². The second kappa shape index (κ2) is 4.50. The highest BCUT2D eigenvalue weighted by Crippen LogP contribution is 2.29. The fourth-order valence-electron chi connectivity index (χ4n) is 2.46. The molecule has 2 aliphatic heterocycles. The van der Waals surface area contributed by atoms with E-state index in [-0.39, 0.29) is 6.17 Å². The molecule has 0 saturated carbocycles. The van der Waals surface area contributed by atoms with Crippen LogP contribution in [-0.2, 0) is 10.2 Å². The van der Waals surface area contributed by atoms with Gasteiger partial charge in [-0.3, -0.25) is 0 Å². The highest BCUT2D eigenvalue weighted by molar-refractivity contribution is 7.88. The van der Waals surface area contributed by atoms with E-state index >= 15 is 0 Å². The molecule has 1 unspecified atom stereocenters. The minimum atomic E-state index is -3.58. The van der Waals surface area contributed by atoms with E-state index in [0.717, 1.165) is 24.3 Å². The molecule has 0 aromatic heterocycles. The van der Waals surface area contributed by atoms with Gasteiger partial charge in [0, 0.05) is 13.0 Å². The summed E-state index contributed by atoms with van der Waals surface area (Å²) in [5.41, 5.74) is 0.888. The topological polar surface area (TPSA) is 71.0 Å². The monoisotopic (exact) mass is 281 g/mol. The Morgan fingerprint density at radius 3 is 2.79 bits per heavy atom. The summed E-state index contributed by atoms with van der Waals surface area (Å²) in [6.45, 7) is 0.818.